The van der Waals surface area contributed by atoms with E-state index in [9.17, 15) is 0 Å². The lowest BCUT2D eigenvalue weighted by atomic mass is 10.2. The Morgan fingerprint density at radius 2 is 2.36 bits per heavy atom. The van der Waals surface area contributed by atoms with E-state index in [-0.39, 0.29) is 12.5 Å². The van der Waals surface area contributed by atoms with Crippen molar-refractivity contribution in [1.29, 1.82) is 0 Å². The Kier molecular flexibility index (Phi) is 2.53. The normalized spacial score (nSPS) is 13.4. The van der Waals surface area contributed by atoms with Gasteiger partial charge in [-0.05, 0) is 23.3 Å². The average Bonchev–Trinajstić information content (AvgIpc) is 2.37. The topological polar surface area (TPSA) is 63.8 Å². The average molecular weight is 156 g/mol. The lowest BCUT2D eigenvalue weighted by molar-refractivity contribution is 0.217. The van der Waals surface area contributed by atoms with Gasteiger partial charge in [0.25, 0.3) is 0 Å². The number of nitrogens with zero attached hydrogens (tertiary/aromatic N) is 4. The summed E-state index contributed by atoms with van der Waals surface area (Å²) in [5, 5.41) is 19.7. The van der Waals surface area contributed by atoms with Gasteiger partial charge >= 0.3 is 0 Å². The van der Waals surface area contributed by atoms with Crippen LogP contribution in [0.5, 0.6) is 0 Å². The van der Waals surface area contributed by atoms with Crippen LogP contribution in [0.25, 0.3) is 0 Å². The van der Waals surface area contributed by atoms with E-state index in [0.717, 1.165) is 5.82 Å². The van der Waals surface area contributed by atoms with E-state index in [4.69, 9.17) is 5.11 Å². The molecule has 0 aliphatic heterocycles. The van der Waals surface area contributed by atoms with E-state index in [1.165, 1.54) is 0 Å². The van der Waals surface area contributed by atoms with Crippen LogP contribution >= 0.6 is 0 Å². The maximum atomic E-state index is 8.74. The zero-order valence-corrected chi connectivity index (χ0v) is 6.73. The van der Waals surface area contributed by atoms with Gasteiger partial charge in [0.05, 0.1) is 0 Å². The molecule has 11 heavy (non-hydrogen) atoms. The summed E-state index contributed by atoms with van der Waals surface area (Å²) in [4.78, 5) is 0. The predicted molar refractivity (Wildman–Crippen MR) is 38.8 cm³/mol. The molecule has 0 bridgehead atoms. The highest BCUT2D eigenvalue weighted by Crippen LogP contribution is 1.98. The number of hydrogen-bond acceptors (Lipinski definition) is 4. The molecule has 0 amide bonds. The largest absolute Gasteiger partial charge is 0.396 e. The van der Waals surface area contributed by atoms with Crippen molar-refractivity contribution in [1.82, 2.24) is 20.2 Å². The molecule has 1 unspecified atom stereocenters. The summed E-state index contributed by atoms with van der Waals surface area (Å²) in [5.74, 6) is 0.988. The number of aliphatic hydroxyl groups excluding tert-OH is 1. The lowest BCUT2D eigenvalue weighted by Crippen LogP contribution is -2.13. The first kappa shape index (κ1) is 8.13. The van der Waals surface area contributed by atoms with Crippen molar-refractivity contribution < 1.29 is 5.11 Å². The molecule has 62 valence electrons. The van der Waals surface area contributed by atoms with E-state index >= 15 is 0 Å². The fourth-order valence-electron chi connectivity index (χ4n) is 0.771. The summed E-state index contributed by atoms with van der Waals surface area (Å²) in [6, 6.07) is 0. The molecule has 0 spiro atoms. The minimum atomic E-state index is 0.166. The first-order valence-corrected chi connectivity index (χ1v) is 3.57. The highest BCUT2D eigenvalue weighted by Gasteiger charge is 2.04. The third kappa shape index (κ3) is 1.98. The van der Waals surface area contributed by atoms with Crippen LogP contribution in [0.15, 0.2) is 0 Å². The van der Waals surface area contributed by atoms with Gasteiger partial charge in [-0.25, -0.2) is 4.68 Å². The number of aromatic nitrogens is 4. The molecule has 5 nitrogen and oxygen atoms in total. The van der Waals surface area contributed by atoms with Gasteiger partial charge in [-0.1, -0.05) is 6.92 Å². The van der Waals surface area contributed by atoms with Gasteiger partial charge in [-0.15, -0.1) is 5.10 Å². The summed E-state index contributed by atoms with van der Waals surface area (Å²) in [6.45, 7) is 4.62. The molecule has 1 rings (SSSR count). The van der Waals surface area contributed by atoms with Crippen molar-refractivity contribution >= 4 is 0 Å². The summed E-state index contributed by atoms with van der Waals surface area (Å²) in [6.07, 6.45) is 0. The Hall–Kier alpha value is -0.970. The Morgan fingerprint density at radius 1 is 1.64 bits per heavy atom. The quantitative estimate of drug-likeness (QED) is 0.647. The van der Waals surface area contributed by atoms with Crippen LogP contribution in [-0.2, 0) is 6.54 Å². The van der Waals surface area contributed by atoms with Gasteiger partial charge < -0.3 is 5.11 Å². The fraction of sp³-hybridized carbons (Fsp3) is 0.833. The Balaban J connectivity index is 2.56. The van der Waals surface area contributed by atoms with Crippen LogP contribution in [0.4, 0.5) is 0 Å². The molecule has 1 atom stereocenters. The van der Waals surface area contributed by atoms with Crippen molar-refractivity contribution in [2.24, 2.45) is 5.92 Å². The second-order valence-electron chi connectivity index (χ2n) is 2.70. The zero-order chi connectivity index (χ0) is 8.27. The molecule has 0 saturated heterocycles. The van der Waals surface area contributed by atoms with Gasteiger partial charge in [0.2, 0.25) is 0 Å². The third-order valence-electron chi connectivity index (χ3n) is 1.51. The minimum absolute atomic E-state index is 0.166. The van der Waals surface area contributed by atoms with Gasteiger partial charge in [0.15, 0.2) is 0 Å². The molecule has 1 aromatic heterocycles. The van der Waals surface area contributed by atoms with Gasteiger partial charge in [0, 0.05) is 13.2 Å². The number of aliphatic hydroxyl groups is 1. The molecule has 1 heterocycles. The van der Waals surface area contributed by atoms with Crippen molar-refractivity contribution in [2.45, 2.75) is 20.4 Å². The number of rotatable bonds is 3. The summed E-state index contributed by atoms with van der Waals surface area (Å²) in [7, 11) is 0. The highest BCUT2D eigenvalue weighted by atomic mass is 16.3. The molecular formula is C6H12N4O. The fourth-order valence-corrected chi connectivity index (χ4v) is 0.771. The Labute approximate surface area is 65.0 Å². The van der Waals surface area contributed by atoms with E-state index < -0.39 is 0 Å². The van der Waals surface area contributed by atoms with Crippen LogP contribution in [-0.4, -0.2) is 31.9 Å². The second-order valence-corrected chi connectivity index (χ2v) is 2.70. The van der Waals surface area contributed by atoms with Crippen molar-refractivity contribution in [3.05, 3.63) is 5.82 Å². The molecular weight excluding hydrogens is 144 g/mol. The van der Waals surface area contributed by atoms with E-state index in [1.54, 1.807) is 4.68 Å². The first-order valence-electron chi connectivity index (χ1n) is 3.57. The summed E-state index contributed by atoms with van der Waals surface area (Å²) < 4.78 is 1.68. The maximum Gasteiger partial charge on any atom is 0.148 e. The molecule has 0 fully saturated rings. The number of hydrogen-bond donors (Lipinski definition) is 1. The summed E-state index contributed by atoms with van der Waals surface area (Å²) in [5.41, 5.74) is 0. The van der Waals surface area contributed by atoms with Crippen molar-refractivity contribution in [3.63, 3.8) is 0 Å². The molecule has 0 aliphatic rings. The standard InChI is InChI=1S/C6H12N4O/c1-5(4-11)3-10-6(2)7-8-9-10/h5,11H,3-4H2,1-2H3. The molecule has 1 N–H and O–H groups in total. The first-order chi connectivity index (χ1) is 5.24. The van der Waals surface area contributed by atoms with Crippen LogP contribution in [0.3, 0.4) is 0 Å². The van der Waals surface area contributed by atoms with Crippen molar-refractivity contribution in [2.75, 3.05) is 6.61 Å². The van der Waals surface area contributed by atoms with Crippen LogP contribution in [0, 0.1) is 12.8 Å². The molecule has 0 radical (unpaired) electrons. The van der Waals surface area contributed by atoms with E-state index in [2.05, 4.69) is 15.5 Å². The van der Waals surface area contributed by atoms with Crippen molar-refractivity contribution in [3.8, 4) is 0 Å². The number of aryl methyl sites for hydroxylation is 1. The van der Waals surface area contributed by atoms with Gasteiger partial charge in [0.1, 0.15) is 5.82 Å². The molecule has 1 aromatic rings. The smallest absolute Gasteiger partial charge is 0.148 e. The molecule has 0 aromatic carbocycles. The molecule has 5 heteroatoms. The van der Waals surface area contributed by atoms with E-state index in [1.807, 2.05) is 13.8 Å². The maximum absolute atomic E-state index is 8.74. The third-order valence-corrected chi connectivity index (χ3v) is 1.51. The Bertz CT molecular complexity index is 222. The van der Waals surface area contributed by atoms with Gasteiger partial charge in [-0.2, -0.15) is 0 Å². The second kappa shape index (κ2) is 3.43. The SMILES string of the molecule is Cc1nnnn1CC(C)CO. The zero-order valence-electron chi connectivity index (χ0n) is 6.73. The van der Waals surface area contributed by atoms with E-state index in [0.29, 0.717) is 6.54 Å². The minimum Gasteiger partial charge on any atom is -0.396 e. The molecule has 0 saturated carbocycles. The molecule has 0 aliphatic carbocycles. The Morgan fingerprint density at radius 3 is 2.82 bits per heavy atom. The van der Waals surface area contributed by atoms with Crippen LogP contribution in [0.1, 0.15) is 12.7 Å². The lowest BCUT2D eigenvalue weighted by Gasteiger charge is -2.06. The van der Waals surface area contributed by atoms with Crippen LogP contribution in [0.2, 0.25) is 0 Å². The highest BCUT2D eigenvalue weighted by molar-refractivity contribution is 4.73. The van der Waals surface area contributed by atoms with Crippen LogP contribution < -0.4 is 0 Å². The monoisotopic (exact) mass is 156 g/mol. The summed E-state index contributed by atoms with van der Waals surface area (Å²) >= 11 is 0. The predicted octanol–water partition coefficient (Wildman–Crippen LogP) is -0.390. The number of tetrazole rings is 1. The van der Waals surface area contributed by atoms with Gasteiger partial charge in [-0.3, -0.25) is 0 Å².